The zero-order valence-corrected chi connectivity index (χ0v) is 23.9. The number of piperidine rings is 1. The summed E-state index contributed by atoms with van der Waals surface area (Å²) >= 11 is 0. The van der Waals surface area contributed by atoms with E-state index in [1.54, 1.807) is 4.90 Å². The quantitative estimate of drug-likeness (QED) is 0.359. The highest BCUT2D eigenvalue weighted by atomic mass is 16.6. The third-order valence-corrected chi connectivity index (χ3v) is 7.13. The average molecular weight is 537 g/mol. The van der Waals surface area contributed by atoms with Crippen molar-refractivity contribution < 1.29 is 14.6 Å². The number of anilines is 2. The molecule has 1 amide bonds. The van der Waals surface area contributed by atoms with Crippen LogP contribution in [-0.2, 0) is 4.74 Å². The van der Waals surface area contributed by atoms with Gasteiger partial charge in [0, 0.05) is 38.1 Å². The molecular weight excluding hydrogens is 492 g/mol. The molecule has 0 atom stereocenters. The Bertz CT molecular complexity index is 1110. The molecule has 3 N–H and O–H groups in total. The van der Waals surface area contributed by atoms with E-state index in [-0.39, 0.29) is 18.2 Å². The molecule has 0 radical (unpaired) electrons. The highest BCUT2D eigenvalue weighted by Gasteiger charge is 2.25. The Morgan fingerprint density at radius 1 is 1.13 bits per heavy atom. The van der Waals surface area contributed by atoms with Crippen LogP contribution in [0, 0.1) is 0 Å². The van der Waals surface area contributed by atoms with Gasteiger partial charge in [-0.3, -0.25) is 4.98 Å². The fraction of sp³-hybridized carbons (Fsp3) is 0.600. The van der Waals surface area contributed by atoms with Gasteiger partial charge in [-0.1, -0.05) is 31.1 Å². The number of hydrogen-bond donors (Lipinski definition) is 3. The molecule has 1 aliphatic carbocycles. The molecule has 212 valence electrons. The van der Waals surface area contributed by atoms with Gasteiger partial charge in [0.1, 0.15) is 11.4 Å². The van der Waals surface area contributed by atoms with Gasteiger partial charge < -0.3 is 25.4 Å². The van der Waals surface area contributed by atoms with Gasteiger partial charge in [0.15, 0.2) is 0 Å². The molecule has 39 heavy (non-hydrogen) atoms. The maximum absolute atomic E-state index is 12.3. The second-order valence-electron chi connectivity index (χ2n) is 11.6. The predicted octanol–water partition coefficient (Wildman–Crippen LogP) is 5.88. The van der Waals surface area contributed by atoms with Gasteiger partial charge >= 0.3 is 6.09 Å². The van der Waals surface area contributed by atoms with E-state index in [0.29, 0.717) is 19.0 Å². The first kappa shape index (κ1) is 28.8. The molecule has 0 unspecified atom stereocenters. The Kier molecular flexibility index (Phi) is 9.78. The molecule has 2 aromatic rings. The number of carbonyl (C=O) groups is 1. The summed E-state index contributed by atoms with van der Waals surface area (Å²) in [6.07, 6.45) is 12.7. The van der Waals surface area contributed by atoms with Gasteiger partial charge in [-0.05, 0) is 77.3 Å². The molecule has 0 bridgehead atoms. The summed E-state index contributed by atoms with van der Waals surface area (Å²) in [4.78, 5) is 28.3. The lowest BCUT2D eigenvalue weighted by molar-refractivity contribution is 0.0237. The van der Waals surface area contributed by atoms with Crippen molar-refractivity contribution in [3.05, 3.63) is 35.7 Å². The molecule has 9 heteroatoms. The van der Waals surface area contributed by atoms with Gasteiger partial charge in [-0.15, -0.1) is 0 Å². The van der Waals surface area contributed by atoms with E-state index in [0.717, 1.165) is 80.6 Å². The molecule has 1 aliphatic heterocycles. The van der Waals surface area contributed by atoms with Crippen molar-refractivity contribution in [2.75, 3.05) is 30.3 Å². The SMILES string of the molecule is CCCCNc1ncc(-c2ccc(C=C3CCN(C(=O)OC(C)(C)C)CC3)cn2)c(N[C@H]2CC[C@H](O)CC2)n1. The number of ether oxygens (including phenoxy) is 1. The minimum absolute atomic E-state index is 0.202. The highest BCUT2D eigenvalue weighted by molar-refractivity contribution is 5.73. The summed E-state index contributed by atoms with van der Waals surface area (Å²) in [6, 6.07) is 4.35. The average Bonchev–Trinajstić information content (AvgIpc) is 2.90. The second-order valence-corrected chi connectivity index (χ2v) is 11.6. The lowest BCUT2D eigenvalue weighted by Crippen LogP contribution is -2.40. The number of rotatable bonds is 8. The predicted molar refractivity (Wildman–Crippen MR) is 156 cm³/mol. The van der Waals surface area contributed by atoms with E-state index in [1.165, 1.54) is 5.57 Å². The van der Waals surface area contributed by atoms with E-state index in [1.807, 2.05) is 39.2 Å². The third-order valence-electron chi connectivity index (χ3n) is 7.13. The van der Waals surface area contributed by atoms with Crippen LogP contribution in [0.1, 0.15) is 84.6 Å². The normalized spacial score (nSPS) is 19.9. The topological polar surface area (TPSA) is 113 Å². The Morgan fingerprint density at radius 3 is 2.51 bits per heavy atom. The van der Waals surface area contributed by atoms with Crippen molar-refractivity contribution in [1.29, 1.82) is 0 Å². The van der Waals surface area contributed by atoms with Crippen LogP contribution in [-0.4, -0.2) is 68.4 Å². The largest absolute Gasteiger partial charge is 0.444 e. The number of nitrogens with zero attached hydrogens (tertiary/aromatic N) is 4. The van der Waals surface area contributed by atoms with Crippen molar-refractivity contribution in [1.82, 2.24) is 19.9 Å². The van der Waals surface area contributed by atoms with Gasteiger partial charge in [0.25, 0.3) is 0 Å². The molecule has 3 heterocycles. The number of unbranched alkanes of at least 4 members (excludes halogenated alkanes) is 1. The molecule has 1 saturated heterocycles. The summed E-state index contributed by atoms with van der Waals surface area (Å²) in [5.41, 5.74) is 3.54. The summed E-state index contributed by atoms with van der Waals surface area (Å²) in [7, 11) is 0. The molecule has 9 nitrogen and oxygen atoms in total. The van der Waals surface area contributed by atoms with Crippen molar-refractivity contribution in [2.24, 2.45) is 0 Å². The lowest BCUT2D eigenvalue weighted by Gasteiger charge is -2.31. The van der Waals surface area contributed by atoms with Gasteiger partial charge in [0.05, 0.1) is 17.4 Å². The third kappa shape index (κ3) is 8.65. The van der Waals surface area contributed by atoms with Gasteiger partial charge in [0.2, 0.25) is 5.95 Å². The van der Waals surface area contributed by atoms with E-state index in [2.05, 4.69) is 34.7 Å². The molecule has 4 rings (SSSR count). The minimum Gasteiger partial charge on any atom is -0.444 e. The molecule has 1 saturated carbocycles. The van der Waals surface area contributed by atoms with Crippen LogP contribution < -0.4 is 10.6 Å². The van der Waals surface area contributed by atoms with Crippen LogP contribution in [0.4, 0.5) is 16.6 Å². The second kappa shape index (κ2) is 13.2. The molecule has 2 fully saturated rings. The molecule has 2 aromatic heterocycles. The Morgan fingerprint density at radius 2 is 1.87 bits per heavy atom. The molecule has 0 spiro atoms. The molecule has 2 aliphatic rings. The van der Waals surface area contributed by atoms with Crippen molar-refractivity contribution in [2.45, 2.75) is 96.8 Å². The number of aliphatic hydroxyl groups is 1. The van der Waals surface area contributed by atoms with Crippen molar-refractivity contribution in [3.8, 4) is 11.3 Å². The van der Waals surface area contributed by atoms with Gasteiger partial charge in [-0.25, -0.2) is 9.78 Å². The summed E-state index contributed by atoms with van der Waals surface area (Å²) in [5.74, 6) is 1.39. The smallest absolute Gasteiger partial charge is 0.410 e. The van der Waals surface area contributed by atoms with E-state index in [9.17, 15) is 9.90 Å². The number of carbonyl (C=O) groups excluding carboxylic acids is 1. The van der Waals surface area contributed by atoms with Crippen LogP contribution in [0.3, 0.4) is 0 Å². The first-order valence-electron chi connectivity index (χ1n) is 14.4. The molecular formula is C30H44N6O3. The number of likely N-dealkylation sites (tertiary alicyclic amines) is 1. The van der Waals surface area contributed by atoms with Crippen LogP contribution in [0.25, 0.3) is 17.3 Å². The standard InChI is InChI=1S/C30H44N6O3/c1-5-6-15-31-28-33-20-25(27(35-28)34-23-8-10-24(37)11-9-23)26-12-7-22(19-32-26)18-21-13-16-36(17-14-21)29(38)39-30(2,3)4/h7,12,18-20,23-24,37H,5-6,8-11,13-17H2,1-4H3,(H2,31,33,34,35)/t23-,24-. The Labute approximate surface area is 232 Å². The maximum Gasteiger partial charge on any atom is 0.410 e. The van der Waals surface area contributed by atoms with Crippen LogP contribution in [0.2, 0.25) is 0 Å². The number of amides is 1. The number of hydrogen-bond acceptors (Lipinski definition) is 8. The number of aromatic nitrogens is 3. The summed E-state index contributed by atoms with van der Waals surface area (Å²) in [6.45, 7) is 9.99. The zero-order chi connectivity index (χ0) is 27.8. The first-order valence-corrected chi connectivity index (χ1v) is 14.4. The fourth-order valence-corrected chi connectivity index (χ4v) is 4.89. The van der Waals surface area contributed by atoms with Crippen LogP contribution in [0.5, 0.6) is 0 Å². The summed E-state index contributed by atoms with van der Waals surface area (Å²) in [5, 5.41) is 16.8. The fourth-order valence-electron chi connectivity index (χ4n) is 4.89. The monoisotopic (exact) mass is 536 g/mol. The molecule has 0 aromatic carbocycles. The van der Waals surface area contributed by atoms with E-state index >= 15 is 0 Å². The van der Waals surface area contributed by atoms with Crippen molar-refractivity contribution >= 4 is 23.9 Å². The lowest BCUT2D eigenvalue weighted by atomic mass is 9.93. The maximum atomic E-state index is 12.3. The Balaban J connectivity index is 1.44. The van der Waals surface area contributed by atoms with E-state index < -0.39 is 5.60 Å². The number of pyridine rings is 1. The van der Waals surface area contributed by atoms with E-state index in [4.69, 9.17) is 14.7 Å². The Hall–Kier alpha value is -3.20. The zero-order valence-electron chi connectivity index (χ0n) is 23.9. The number of nitrogens with one attached hydrogen (secondary N) is 2. The van der Waals surface area contributed by atoms with Gasteiger partial charge in [-0.2, -0.15) is 4.98 Å². The van der Waals surface area contributed by atoms with Crippen LogP contribution in [0.15, 0.2) is 30.1 Å². The van der Waals surface area contributed by atoms with Crippen molar-refractivity contribution in [3.63, 3.8) is 0 Å². The first-order chi connectivity index (χ1) is 18.7. The number of aliphatic hydroxyl groups excluding tert-OH is 1. The minimum atomic E-state index is -0.480. The van der Waals surface area contributed by atoms with Crippen LogP contribution >= 0.6 is 0 Å². The summed E-state index contributed by atoms with van der Waals surface area (Å²) < 4.78 is 5.51. The highest BCUT2D eigenvalue weighted by Crippen LogP contribution is 2.29.